The van der Waals surface area contributed by atoms with Crippen LogP contribution < -0.4 is 0 Å². The van der Waals surface area contributed by atoms with E-state index in [1.54, 1.807) is 0 Å². The molecule has 27 heavy (non-hydrogen) atoms. The number of ether oxygens (including phenoxy) is 1. The number of furan rings is 1. The molecule has 140 valence electrons. The van der Waals surface area contributed by atoms with Gasteiger partial charge in [0, 0.05) is 6.54 Å². The first-order chi connectivity index (χ1) is 12.9. The van der Waals surface area contributed by atoms with Crippen LogP contribution in [-0.2, 0) is 11.3 Å². The lowest BCUT2D eigenvalue weighted by molar-refractivity contribution is 0.126. The Morgan fingerprint density at radius 3 is 2.59 bits per heavy atom. The van der Waals surface area contributed by atoms with Crippen molar-refractivity contribution in [3.8, 4) is 12.3 Å². The molecule has 2 rings (SSSR count). The minimum atomic E-state index is -0.460. The number of carbonyl (C=O) groups is 1. The summed E-state index contributed by atoms with van der Waals surface area (Å²) in [5.41, 5.74) is 3.28. The molecule has 0 bridgehead atoms. The Labute approximate surface area is 159 Å². The normalized spacial score (nSPS) is 11.8. The molecule has 6 heteroatoms. The molecule has 1 aromatic carbocycles. The number of terminal acetylenes is 1. The van der Waals surface area contributed by atoms with E-state index in [9.17, 15) is 4.79 Å². The quantitative estimate of drug-likeness (QED) is 0.441. The number of rotatable bonds is 6. The van der Waals surface area contributed by atoms with Crippen LogP contribution in [0, 0.1) is 19.3 Å². The first-order valence-corrected chi connectivity index (χ1v) is 8.46. The molecule has 0 spiro atoms. The zero-order chi connectivity index (χ0) is 19.8. The highest BCUT2D eigenvalue weighted by Crippen LogP contribution is 2.12. The second kappa shape index (κ2) is 9.39. The first kappa shape index (κ1) is 20.0. The molecular weight excluding hydrogens is 342 g/mol. The van der Waals surface area contributed by atoms with E-state index < -0.39 is 6.09 Å². The summed E-state index contributed by atoms with van der Waals surface area (Å²) in [6.07, 6.45) is 4.87. The smallest absolute Gasteiger partial charge is 0.410 e. The molecule has 1 heterocycles. The molecule has 0 N–H and O–H groups in total. The third-order valence-corrected chi connectivity index (χ3v) is 3.88. The number of amides is 1. The number of benzene rings is 1. The Kier molecular flexibility index (Phi) is 6.95. The summed E-state index contributed by atoms with van der Waals surface area (Å²) >= 11 is 0. The van der Waals surface area contributed by atoms with Crippen LogP contribution in [0.15, 0.2) is 51.0 Å². The number of hydrogen-bond acceptors (Lipinski definition) is 5. The fourth-order valence-electron chi connectivity index (χ4n) is 2.43. The van der Waals surface area contributed by atoms with Gasteiger partial charge in [0.1, 0.15) is 17.2 Å². The zero-order valence-electron chi connectivity index (χ0n) is 16.0. The van der Waals surface area contributed by atoms with Crippen LogP contribution >= 0.6 is 0 Å². The van der Waals surface area contributed by atoms with E-state index in [-0.39, 0.29) is 6.54 Å². The number of nitrogens with zero attached hydrogens (tertiary/aromatic N) is 3. The van der Waals surface area contributed by atoms with Crippen LogP contribution in [0.4, 0.5) is 4.79 Å². The van der Waals surface area contributed by atoms with E-state index >= 15 is 0 Å². The van der Waals surface area contributed by atoms with Crippen LogP contribution in [0.5, 0.6) is 0 Å². The van der Waals surface area contributed by atoms with Gasteiger partial charge in [-0.05, 0) is 50.1 Å². The maximum Gasteiger partial charge on any atom is 0.410 e. The molecule has 0 atom stereocenters. The summed E-state index contributed by atoms with van der Waals surface area (Å²) in [7, 11) is 1.33. The second-order valence-corrected chi connectivity index (χ2v) is 6.01. The van der Waals surface area contributed by atoms with E-state index in [0.717, 1.165) is 22.6 Å². The van der Waals surface area contributed by atoms with Crippen LogP contribution in [-0.4, -0.2) is 36.1 Å². The van der Waals surface area contributed by atoms with Gasteiger partial charge >= 0.3 is 6.09 Å². The Morgan fingerprint density at radius 1 is 1.22 bits per heavy atom. The zero-order valence-corrected chi connectivity index (χ0v) is 16.0. The van der Waals surface area contributed by atoms with Crippen molar-refractivity contribution >= 4 is 17.5 Å². The van der Waals surface area contributed by atoms with Crippen LogP contribution in [0.3, 0.4) is 0 Å². The van der Waals surface area contributed by atoms with Gasteiger partial charge in [0.05, 0.1) is 19.4 Å². The molecule has 0 aliphatic heterocycles. The molecule has 1 amide bonds. The molecule has 0 radical (unpaired) electrons. The third kappa shape index (κ3) is 5.58. The summed E-state index contributed by atoms with van der Waals surface area (Å²) in [6.45, 7) is 6.14. The van der Waals surface area contributed by atoms with Crippen LogP contribution in [0.25, 0.3) is 0 Å². The van der Waals surface area contributed by atoms with Crippen molar-refractivity contribution < 1.29 is 13.9 Å². The minimum absolute atomic E-state index is 0.177. The number of aryl methyl sites for hydroxylation is 1. The monoisotopic (exact) mass is 365 g/mol. The van der Waals surface area contributed by atoms with Crippen LogP contribution in [0.1, 0.15) is 36.5 Å². The van der Waals surface area contributed by atoms with E-state index in [0.29, 0.717) is 18.0 Å². The standard InChI is InChI=1S/C21H23N3O3/c1-6-12-24(21(25)26-5)14-18-8-7-9-19(13-18)16(3)22-23-17(4)20-11-10-15(2)27-20/h1,7-11,13H,12,14H2,2-5H3/b22-16+,23-17+. The van der Waals surface area contributed by atoms with Gasteiger partial charge in [-0.25, -0.2) is 4.79 Å². The largest absolute Gasteiger partial charge is 0.460 e. The van der Waals surface area contributed by atoms with E-state index in [2.05, 4.69) is 16.1 Å². The molecule has 0 aliphatic rings. The molecule has 1 aromatic heterocycles. The highest BCUT2D eigenvalue weighted by Gasteiger charge is 2.13. The van der Waals surface area contributed by atoms with Gasteiger partial charge in [0.25, 0.3) is 0 Å². The molecule has 0 saturated heterocycles. The topological polar surface area (TPSA) is 67.4 Å². The van der Waals surface area contributed by atoms with Gasteiger partial charge in [-0.15, -0.1) is 6.42 Å². The van der Waals surface area contributed by atoms with Gasteiger partial charge in [-0.2, -0.15) is 10.2 Å². The SMILES string of the molecule is C#CCN(Cc1cccc(/C(C)=N/N=C(\C)c2ccc(C)o2)c1)C(=O)OC. The van der Waals surface area contributed by atoms with E-state index in [1.807, 2.05) is 57.2 Å². The summed E-state index contributed by atoms with van der Waals surface area (Å²) in [5.74, 6) is 3.99. The fraction of sp³-hybridized carbons (Fsp3) is 0.286. The van der Waals surface area contributed by atoms with Crippen molar-refractivity contribution in [2.75, 3.05) is 13.7 Å². The Bertz CT molecular complexity index is 903. The van der Waals surface area contributed by atoms with Crippen molar-refractivity contribution in [1.29, 1.82) is 0 Å². The second-order valence-electron chi connectivity index (χ2n) is 6.01. The first-order valence-electron chi connectivity index (χ1n) is 8.46. The van der Waals surface area contributed by atoms with Crippen molar-refractivity contribution in [1.82, 2.24) is 4.90 Å². The molecule has 0 unspecified atom stereocenters. The van der Waals surface area contributed by atoms with Gasteiger partial charge in [0.2, 0.25) is 0 Å². The summed E-state index contributed by atoms with van der Waals surface area (Å²) < 4.78 is 10.3. The van der Waals surface area contributed by atoms with Gasteiger partial charge < -0.3 is 9.15 Å². The van der Waals surface area contributed by atoms with Gasteiger partial charge in [-0.3, -0.25) is 4.90 Å². The predicted molar refractivity (Wildman–Crippen MR) is 106 cm³/mol. The lowest BCUT2D eigenvalue weighted by Gasteiger charge is -2.18. The molecule has 0 aliphatic carbocycles. The molecule has 0 fully saturated rings. The summed E-state index contributed by atoms with van der Waals surface area (Å²) in [6, 6.07) is 11.5. The lowest BCUT2D eigenvalue weighted by atomic mass is 10.1. The van der Waals surface area contributed by atoms with Crippen LogP contribution in [0.2, 0.25) is 0 Å². The van der Waals surface area contributed by atoms with Crippen molar-refractivity contribution in [2.45, 2.75) is 27.3 Å². The van der Waals surface area contributed by atoms with Gasteiger partial charge in [0.15, 0.2) is 0 Å². The van der Waals surface area contributed by atoms with Crippen molar-refractivity contribution in [3.63, 3.8) is 0 Å². The number of methoxy groups -OCH3 is 1. The third-order valence-electron chi connectivity index (χ3n) is 3.88. The molecule has 6 nitrogen and oxygen atoms in total. The Hall–Kier alpha value is -3.33. The average molecular weight is 365 g/mol. The molecule has 2 aromatic rings. The lowest BCUT2D eigenvalue weighted by Crippen LogP contribution is -2.30. The van der Waals surface area contributed by atoms with Crippen molar-refractivity contribution in [2.24, 2.45) is 10.2 Å². The number of carbonyl (C=O) groups excluding carboxylic acids is 1. The maximum atomic E-state index is 11.8. The van der Waals surface area contributed by atoms with Crippen molar-refractivity contribution in [3.05, 3.63) is 59.0 Å². The predicted octanol–water partition coefficient (Wildman–Crippen LogP) is 4.02. The maximum absolute atomic E-state index is 11.8. The average Bonchev–Trinajstić information content (AvgIpc) is 3.11. The summed E-state index contributed by atoms with van der Waals surface area (Å²) in [4.78, 5) is 13.2. The Morgan fingerprint density at radius 2 is 1.96 bits per heavy atom. The van der Waals surface area contributed by atoms with E-state index in [4.69, 9.17) is 15.6 Å². The van der Waals surface area contributed by atoms with E-state index in [1.165, 1.54) is 12.0 Å². The molecule has 0 saturated carbocycles. The Balaban J connectivity index is 2.18. The fourth-order valence-corrected chi connectivity index (χ4v) is 2.43. The summed E-state index contributed by atoms with van der Waals surface area (Å²) in [5, 5.41) is 8.54. The highest BCUT2D eigenvalue weighted by atomic mass is 16.5. The highest BCUT2D eigenvalue weighted by molar-refractivity contribution is 6.00. The minimum Gasteiger partial charge on any atom is -0.460 e. The number of hydrogen-bond donors (Lipinski definition) is 0. The molecular formula is C21H23N3O3. The van der Waals surface area contributed by atoms with Gasteiger partial charge in [-0.1, -0.05) is 24.1 Å².